The molecule has 2 N–H and O–H groups in total. The summed E-state index contributed by atoms with van der Waals surface area (Å²) in [5.41, 5.74) is 3.24. The van der Waals surface area contributed by atoms with E-state index in [2.05, 4.69) is 51.7 Å². The zero-order valence-electron chi connectivity index (χ0n) is 16.7. The van der Waals surface area contributed by atoms with Gasteiger partial charge in [0.1, 0.15) is 5.69 Å². The first kappa shape index (κ1) is 19.2. The standard InChI is InChI=1S/C22H30N4O/c1-16-10-13-26(14-11-16)19-7-5-17(6-8-19)24-18-9-12-23-20(15-18)21(27)25-22(2,3)4/h5-9,12,15-16H,10-11,13-14H2,1-4H3,(H,23,24)(H,25,27). The molecule has 1 fully saturated rings. The van der Waals surface area contributed by atoms with Gasteiger partial charge in [0.25, 0.3) is 5.91 Å². The van der Waals surface area contributed by atoms with Gasteiger partial charge in [0.05, 0.1) is 0 Å². The molecule has 0 saturated carbocycles. The summed E-state index contributed by atoms with van der Waals surface area (Å²) in [7, 11) is 0. The second-order valence-corrected chi connectivity index (χ2v) is 8.48. The molecule has 5 heteroatoms. The summed E-state index contributed by atoms with van der Waals surface area (Å²) in [6.45, 7) is 10.5. The summed E-state index contributed by atoms with van der Waals surface area (Å²) >= 11 is 0. The van der Waals surface area contributed by atoms with Crippen molar-refractivity contribution in [3.63, 3.8) is 0 Å². The topological polar surface area (TPSA) is 57.3 Å². The molecule has 2 heterocycles. The molecule has 0 atom stereocenters. The van der Waals surface area contributed by atoms with Gasteiger partial charge in [0.15, 0.2) is 0 Å². The van der Waals surface area contributed by atoms with Crippen LogP contribution in [-0.2, 0) is 0 Å². The third-order valence-electron chi connectivity index (χ3n) is 4.79. The molecule has 0 radical (unpaired) electrons. The van der Waals surface area contributed by atoms with E-state index in [-0.39, 0.29) is 11.4 Å². The summed E-state index contributed by atoms with van der Waals surface area (Å²) in [5.74, 6) is 0.666. The lowest BCUT2D eigenvalue weighted by Gasteiger charge is -2.32. The molecule has 1 amide bonds. The largest absolute Gasteiger partial charge is 0.372 e. The summed E-state index contributed by atoms with van der Waals surface area (Å²) in [4.78, 5) is 18.9. The minimum absolute atomic E-state index is 0.166. The lowest BCUT2D eigenvalue weighted by molar-refractivity contribution is 0.0914. The van der Waals surface area contributed by atoms with Crippen molar-refractivity contribution in [2.24, 2.45) is 5.92 Å². The van der Waals surface area contributed by atoms with Crippen LogP contribution < -0.4 is 15.5 Å². The number of carbonyl (C=O) groups excluding carboxylic acids is 1. The van der Waals surface area contributed by atoms with E-state index in [1.807, 2.05) is 26.8 Å². The van der Waals surface area contributed by atoms with Crippen LogP contribution in [0.3, 0.4) is 0 Å². The Balaban J connectivity index is 1.65. The normalized spacial score (nSPS) is 15.5. The van der Waals surface area contributed by atoms with E-state index in [4.69, 9.17) is 0 Å². The fraction of sp³-hybridized carbons (Fsp3) is 0.455. The van der Waals surface area contributed by atoms with Crippen molar-refractivity contribution < 1.29 is 4.79 Å². The fourth-order valence-corrected chi connectivity index (χ4v) is 3.23. The number of anilines is 3. The summed E-state index contributed by atoms with van der Waals surface area (Å²) in [5, 5.41) is 6.30. The molecule has 5 nitrogen and oxygen atoms in total. The monoisotopic (exact) mass is 366 g/mol. The van der Waals surface area contributed by atoms with Gasteiger partial charge < -0.3 is 15.5 Å². The molecule has 1 aliphatic heterocycles. The average molecular weight is 367 g/mol. The Kier molecular flexibility index (Phi) is 5.68. The Morgan fingerprint density at radius 3 is 2.37 bits per heavy atom. The zero-order valence-corrected chi connectivity index (χ0v) is 16.7. The van der Waals surface area contributed by atoms with Crippen molar-refractivity contribution in [3.05, 3.63) is 48.3 Å². The molecule has 27 heavy (non-hydrogen) atoms. The number of carbonyl (C=O) groups is 1. The molecular weight excluding hydrogens is 336 g/mol. The smallest absolute Gasteiger partial charge is 0.270 e. The van der Waals surface area contributed by atoms with E-state index >= 15 is 0 Å². The van der Waals surface area contributed by atoms with Crippen molar-refractivity contribution in [3.8, 4) is 0 Å². The van der Waals surface area contributed by atoms with Crippen LogP contribution in [0.1, 0.15) is 51.0 Å². The first-order valence-electron chi connectivity index (χ1n) is 9.71. The van der Waals surface area contributed by atoms with Gasteiger partial charge in [-0.05, 0) is 75.9 Å². The number of rotatable bonds is 4. The molecular formula is C22H30N4O. The van der Waals surface area contributed by atoms with Crippen LogP contribution in [0.15, 0.2) is 42.6 Å². The second-order valence-electron chi connectivity index (χ2n) is 8.48. The molecule has 0 bridgehead atoms. The fourth-order valence-electron chi connectivity index (χ4n) is 3.23. The predicted molar refractivity (Wildman–Crippen MR) is 112 cm³/mol. The average Bonchev–Trinajstić information content (AvgIpc) is 2.62. The maximum atomic E-state index is 12.3. The van der Waals surface area contributed by atoms with Gasteiger partial charge in [-0.25, -0.2) is 0 Å². The number of nitrogens with zero attached hydrogens (tertiary/aromatic N) is 2. The van der Waals surface area contributed by atoms with Crippen molar-refractivity contribution in [1.29, 1.82) is 0 Å². The molecule has 1 saturated heterocycles. The zero-order chi connectivity index (χ0) is 19.4. The summed E-state index contributed by atoms with van der Waals surface area (Å²) in [6, 6.07) is 12.1. The number of pyridine rings is 1. The molecule has 0 spiro atoms. The Morgan fingerprint density at radius 1 is 1.07 bits per heavy atom. The number of piperidine rings is 1. The number of nitrogens with one attached hydrogen (secondary N) is 2. The third-order valence-corrected chi connectivity index (χ3v) is 4.79. The second kappa shape index (κ2) is 7.99. The Morgan fingerprint density at radius 2 is 1.74 bits per heavy atom. The Bertz CT molecular complexity index is 772. The van der Waals surface area contributed by atoms with Crippen LogP contribution in [0.2, 0.25) is 0 Å². The SMILES string of the molecule is CC1CCN(c2ccc(Nc3ccnc(C(=O)NC(C)(C)C)c3)cc2)CC1. The number of amides is 1. The van der Waals surface area contributed by atoms with Crippen LogP contribution in [-0.4, -0.2) is 29.5 Å². The molecule has 1 aliphatic rings. The Labute approximate surface area is 162 Å². The molecule has 3 rings (SSSR count). The van der Waals surface area contributed by atoms with Crippen molar-refractivity contribution in [2.75, 3.05) is 23.3 Å². The van der Waals surface area contributed by atoms with Gasteiger partial charge >= 0.3 is 0 Å². The minimum Gasteiger partial charge on any atom is -0.372 e. The van der Waals surface area contributed by atoms with Crippen LogP contribution in [0.5, 0.6) is 0 Å². The van der Waals surface area contributed by atoms with Crippen molar-refractivity contribution in [1.82, 2.24) is 10.3 Å². The Hall–Kier alpha value is -2.56. The molecule has 144 valence electrons. The lowest BCUT2D eigenvalue weighted by atomic mass is 9.99. The highest BCUT2D eigenvalue weighted by Gasteiger charge is 2.17. The van der Waals surface area contributed by atoms with Gasteiger partial charge in [-0.15, -0.1) is 0 Å². The van der Waals surface area contributed by atoms with Gasteiger partial charge in [-0.2, -0.15) is 0 Å². The van der Waals surface area contributed by atoms with E-state index in [0.717, 1.165) is 30.4 Å². The highest BCUT2D eigenvalue weighted by molar-refractivity contribution is 5.93. The van der Waals surface area contributed by atoms with E-state index < -0.39 is 0 Å². The highest BCUT2D eigenvalue weighted by atomic mass is 16.2. The van der Waals surface area contributed by atoms with E-state index in [0.29, 0.717) is 5.69 Å². The third kappa shape index (κ3) is 5.46. The lowest BCUT2D eigenvalue weighted by Crippen LogP contribution is -2.40. The van der Waals surface area contributed by atoms with Gasteiger partial charge in [0.2, 0.25) is 0 Å². The van der Waals surface area contributed by atoms with E-state index in [9.17, 15) is 4.79 Å². The maximum absolute atomic E-state index is 12.3. The maximum Gasteiger partial charge on any atom is 0.270 e. The van der Waals surface area contributed by atoms with Gasteiger partial charge in [0, 0.05) is 41.9 Å². The molecule has 0 unspecified atom stereocenters. The van der Waals surface area contributed by atoms with Crippen LogP contribution >= 0.6 is 0 Å². The van der Waals surface area contributed by atoms with Crippen LogP contribution in [0.4, 0.5) is 17.1 Å². The minimum atomic E-state index is -0.287. The number of aromatic nitrogens is 1. The number of benzene rings is 1. The van der Waals surface area contributed by atoms with Crippen LogP contribution in [0.25, 0.3) is 0 Å². The first-order chi connectivity index (χ1) is 12.8. The molecule has 0 aliphatic carbocycles. The molecule has 2 aromatic rings. The van der Waals surface area contributed by atoms with Gasteiger partial charge in [-0.1, -0.05) is 6.92 Å². The molecule has 1 aromatic carbocycles. The molecule has 1 aromatic heterocycles. The van der Waals surface area contributed by atoms with Gasteiger partial charge in [-0.3, -0.25) is 9.78 Å². The predicted octanol–water partition coefficient (Wildman–Crippen LogP) is 4.59. The number of hydrogen-bond donors (Lipinski definition) is 2. The van der Waals surface area contributed by atoms with E-state index in [1.54, 1.807) is 12.3 Å². The quantitative estimate of drug-likeness (QED) is 0.831. The van der Waals surface area contributed by atoms with E-state index in [1.165, 1.54) is 18.5 Å². The van der Waals surface area contributed by atoms with Crippen molar-refractivity contribution >= 4 is 23.0 Å². The van der Waals surface area contributed by atoms with Crippen LogP contribution in [0, 0.1) is 5.92 Å². The first-order valence-corrected chi connectivity index (χ1v) is 9.71. The van der Waals surface area contributed by atoms with Crippen molar-refractivity contribution in [2.45, 2.75) is 46.1 Å². The number of hydrogen-bond acceptors (Lipinski definition) is 4. The summed E-state index contributed by atoms with van der Waals surface area (Å²) < 4.78 is 0. The summed E-state index contributed by atoms with van der Waals surface area (Å²) in [6.07, 6.45) is 4.18. The highest BCUT2D eigenvalue weighted by Crippen LogP contribution is 2.25.